The van der Waals surface area contributed by atoms with Gasteiger partial charge in [-0.15, -0.1) is 0 Å². The Morgan fingerprint density at radius 3 is 2.94 bits per heavy atom. The van der Waals surface area contributed by atoms with E-state index in [1.807, 2.05) is 0 Å². The molecule has 4 nitrogen and oxygen atoms in total. The quantitative estimate of drug-likeness (QED) is 0.802. The summed E-state index contributed by atoms with van der Waals surface area (Å²) in [7, 11) is 0. The van der Waals surface area contributed by atoms with Gasteiger partial charge in [-0.1, -0.05) is 0 Å². The van der Waals surface area contributed by atoms with Crippen LogP contribution in [0.25, 0.3) is 0 Å². The standard InChI is InChI=1S/C13H17FN2O2/c14-10-3-4-12(18-6-5-15)11(7-10)13(17)16-8-9-1-2-9/h3-4,7,9H,1-2,5-6,8,15H2,(H,16,17). The van der Waals surface area contributed by atoms with Gasteiger partial charge in [0.2, 0.25) is 0 Å². The van der Waals surface area contributed by atoms with E-state index < -0.39 is 5.82 Å². The van der Waals surface area contributed by atoms with Crippen LogP contribution in [0.1, 0.15) is 23.2 Å². The van der Waals surface area contributed by atoms with Crippen LogP contribution in [0.4, 0.5) is 4.39 Å². The van der Waals surface area contributed by atoms with Gasteiger partial charge in [-0.3, -0.25) is 4.79 Å². The molecule has 18 heavy (non-hydrogen) atoms. The van der Waals surface area contributed by atoms with E-state index in [1.54, 1.807) is 0 Å². The van der Waals surface area contributed by atoms with Crippen molar-refractivity contribution in [1.29, 1.82) is 0 Å². The zero-order chi connectivity index (χ0) is 13.0. The van der Waals surface area contributed by atoms with Crippen molar-refractivity contribution in [2.75, 3.05) is 19.7 Å². The second-order valence-corrected chi connectivity index (χ2v) is 4.43. The molecule has 5 heteroatoms. The molecule has 0 saturated heterocycles. The lowest BCUT2D eigenvalue weighted by Gasteiger charge is -2.11. The molecule has 0 spiro atoms. The molecule has 1 aliphatic rings. The Bertz CT molecular complexity index is 433. The molecule has 1 fully saturated rings. The number of hydrogen-bond acceptors (Lipinski definition) is 3. The summed E-state index contributed by atoms with van der Waals surface area (Å²) < 4.78 is 18.5. The first kappa shape index (κ1) is 12.8. The second kappa shape index (κ2) is 5.82. The molecule has 1 aromatic rings. The smallest absolute Gasteiger partial charge is 0.255 e. The topological polar surface area (TPSA) is 64.3 Å². The van der Waals surface area contributed by atoms with Gasteiger partial charge in [0.25, 0.3) is 5.91 Å². The Labute approximate surface area is 105 Å². The monoisotopic (exact) mass is 252 g/mol. The van der Waals surface area contributed by atoms with E-state index in [-0.39, 0.29) is 11.5 Å². The predicted octanol–water partition coefficient (Wildman–Crippen LogP) is 1.30. The van der Waals surface area contributed by atoms with Crippen molar-refractivity contribution >= 4 is 5.91 Å². The largest absolute Gasteiger partial charge is 0.491 e. The molecule has 98 valence electrons. The van der Waals surface area contributed by atoms with E-state index in [0.29, 0.717) is 31.4 Å². The molecule has 0 bridgehead atoms. The van der Waals surface area contributed by atoms with Crippen molar-refractivity contribution in [3.63, 3.8) is 0 Å². The fraction of sp³-hybridized carbons (Fsp3) is 0.462. The third-order valence-corrected chi connectivity index (χ3v) is 2.81. The molecule has 0 radical (unpaired) electrons. The van der Waals surface area contributed by atoms with Crippen LogP contribution in [-0.4, -0.2) is 25.6 Å². The Morgan fingerprint density at radius 2 is 2.28 bits per heavy atom. The second-order valence-electron chi connectivity index (χ2n) is 4.43. The van der Waals surface area contributed by atoms with Crippen LogP contribution < -0.4 is 15.8 Å². The van der Waals surface area contributed by atoms with Gasteiger partial charge in [-0.2, -0.15) is 0 Å². The van der Waals surface area contributed by atoms with E-state index in [9.17, 15) is 9.18 Å². The SMILES string of the molecule is NCCOc1ccc(F)cc1C(=O)NCC1CC1. The molecule has 1 saturated carbocycles. The fourth-order valence-electron chi connectivity index (χ4n) is 1.63. The van der Waals surface area contributed by atoms with E-state index in [2.05, 4.69) is 5.32 Å². The van der Waals surface area contributed by atoms with Gasteiger partial charge in [0.15, 0.2) is 0 Å². The van der Waals surface area contributed by atoms with E-state index in [1.165, 1.54) is 18.2 Å². The molecule has 2 rings (SSSR count). The van der Waals surface area contributed by atoms with Crippen molar-refractivity contribution in [3.05, 3.63) is 29.6 Å². The predicted molar refractivity (Wildman–Crippen MR) is 66.0 cm³/mol. The lowest BCUT2D eigenvalue weighted by Crippen LogP contribution is -2.26. The highest BCUT2D eigenvalue weighted by Crippen LogP contribution is 2.28. The average molecular weight is 252 g/mol. The molecule has 1 aromatic carbocycles. The fourth-order valence-corrected chi connectivity index (χ4v) is 1.63. The summed E-state index contributed by atoms with van der Waals surface area (Å²) in [6.07, 6.45) is 2.31. The molecule has 3 N–H and O–H groups in total. The van der Waals surface area contributed by atoms with E-state index >= 15 is 0 Å². The number of rotatable bonds is 6. The van der Waals surface area contributed by atoms with E-state index in [0.717, 1.165) is 12.8 Å². The van der Waals surface area contributed by atoms with Gasteiger partial charge >= 0.3 is 0 Å². The summed E-state index contributed by atoms with van der Waals surface area (Å²) >= 11 is 0. The van der Waals surface area contributed by atoms with Crippen LogP contribution in [0.3, 0.4) is 0 Å². The molecular weight excluding hydrogens is 235 g/mol. The Balaban J connectivity index is 2.06. The first-order valence-electron chi connectivity index (χ1n) is 6.11. The van der Waals surface area contributed by atoms with Crippen molar-refractivity contribution in [3.8, 4) is 5.75 Å². The molecule has 0 heterocycles. The molecular formula is C13H17FN2O2. The number of nitrogens with one attached hydrogen (secondary N) is 1. The maximum Gasteiger partial charge on any atom is 0.255 e. The van der Waals surface area contributed by atoms with Crippen LogP contribution in [0.5, 0.6) is 5.75 Å². The lowest BCUT2D eigenvalue weighted by atomic mass is 10.1. The summed E-state index contributed by atoms with van der Waals surface area (Å²) in [6.45, 7) is 1.29. The Morgan fingerprint density at radius 1 is 1.50 bits per heavy atom. The third-order valence-electron chi connectivity index (χ3n) is 2.81. The molecule has 0 aliphatic heterocycles. The van der Waals surface area contributed by atoms with Gasteiger partial charge in [0.05, 0.1) is 5.56 Å². The van der Waals surface area contributed by atoms with Crippen molar-refractivity contribution in [1.82, 2.24) is 5.32 Å². The average Bonchev–Trinajstić information content (AvgIpc) is 3.18. The highest BCUT2D eigenvalue weighted by atomic mass is 19.1. The molecule has 0 aromatic heterocycles. The Hall–Kier alpha value is -1.62. The highest BCUT2D eigenvalue weighted by Gasteiger charge is 2.22. The van der Waals surface area contributed by atoms with Crippen LogP contribution in [0, 0.1) is 11.7 Å². The number of carbonyl (C=O) groups is 1. The van der Waals surface area contributed by atoms with Crippen LogP contribution in [0.15, 0.2) is 18.2 Å². The van der Waals surface area contributed by atoms with Gasteiger partial charge in [0, 0.05) is 13.1 Å². The van der Waals surface area contributed by atoms with Crippen molar-refractivity contribution in [2.45, 2.75) is 12.8 Å². The van der Waals surface area contributed by atoms with Crippen LogP contribution >= 0.6 is 0 Å². The number of amides is 1. The van der Waals surface area contributed by atoms with Crippen molar-refractivity contribution < 1.29 is 13.9 Å². The number of hydrogen-bond donors (Lipinski definition) is 2. The molecule has 1 amide bonds. The van der Waals surface area contributed by atoms with Gasteiger partial charge in [-0.05, 0) is 37.0 Å². The van der Waals surface area contributed by atoms with Gasteiger partial charge < -0.3 is 15.8 Å². The zero-order valence-electron chi connectivity index (χ0n) is 10.1. The highest BCUT2D eigenvalue weighted by molar-refractivity contribution is 5.96. The molecule has 0 atom stereocenters. The van der Waals surface area contributed by atoms with Crippen LogP contribution in [0.2, 0.25) is 0 Å². The minimum atomic E-state index is -0.452. The number of benzene rings is 1. The number of halogens is 1. The maximum atomic E-state index is 13.2. The van der Waals surface area contributed by atoms with E-state index in [4.69, 9.17) is 10.5 Å². The maximum absolute atomic E-state index is 13.2. The number of nitrogens with two attached hydrogens (primary N) is 1. The zero-order valence-corrected chi connectivity index (χ0v) is 10.1. The minimum Gasteiger partial charge on any atom is -0.491 e. The molecule has 1 aliphatic carbocycles. The summed E-state index contributed by atoms with van der Waals surface area (Å²) in [5.74, 6) is 0.200. The van der Waals surface area contributed by atoms with Crippen LogP contribution in [-0.2, 0) is 0 Å². The molecule has 0 unspecified atom stereocenters. The number of ether oxygens (including phenoxy) is 1. The minimum absolute atomic E-state index is 0.226. The first-order valence-corrected chi connectivity index (χ1v) is 6.11. The summed E-state index contributed by atoms with van der Waals surface area (Å²) in [5.41, 5.74) is 5.57. The first-order chi connectivity index (χ1) is 8.70. The summed E-state index contributed by atoms with van der Waals surface area (Å²) in [6, 6.07) is 3.91. The lowest BCUT2D eigenvalue weighted by molar-refractivity contribution is 0.0947. The van der Waals surface area contributed by atoms with Gasteiger partial charge in [0.1, 0.15) is 18.2 Å². The van der Waals surface area contributed by atoms with Crippen molar-refractivity contribution in [2.24, 2.45) is 11.7 Å². The third kappa shape index (κ3) is 3.43. The normalized spacial score (nSPS) is 14.3. The summed E-state index contributed by atoms with van der Waals surface area (Å²) in [5, 5.41) is 2.79. The summed E-state index contributed by atoms with van der Waals surface area (Å²) in [4.78, 5) is 11.9. The Kier molecular flexibility index (Phi) is 4.15. The number of carbonyl (C=O) groups excluding carboxylic acids is 1. The van der Waals surface area contributed by atoms with Gasteiger partial charge in [-0.25, -0.2) is 4.39 Å².